The molecule has 2 aromatic heterocycles. The van der Waals surface area contributed by atoms with Crippen molar-refractivity contribution < 1.29 is 8.83 Å². The van der Waals surface area contributed by atoms with Gasteiger partial charge < -0.3 is 8.83 Å². The first-order valence-electron chi connectivity index (χ1n) is 7.51. The molecule has 4 aromatic rings. The molecule has 5 nitrogen and oxygen atoms in total. The number of halogens is 1. The summed E-state index contributed by atoms with van der Waals surface area (Å²) in [4.78, 5) is 4.30. The zero-order chi connectivity index (χ0) is 17.1. The van der Waals surface area contributed by atoms with Gasteiger partial charge in [-0.3, -0.25) is 0 Å². The van der Waals surface area contributed by atoms with E-state index >= 15 is 0 Å². The molecule has 0 fully saturated rings. The van der Waals surface area contributed by atoms with E-state index in [1.807, 2.05) is 54.6 Å². The van der Waals surface area contributed by atoms with Crippen LogP contribution in [0.25, 0.3) is 22.8 Å². The summed E-state index contributed by atoms with van der Waals surface area (Å²) in [5.41, 5.74) is 1.87. The molecule has 0 bridgehead atoms. The highest BCUT2D eigenvalue weighted by Gasteiger charge is 2.13. The summed E-state index contributed by atoms with van der Waals surface area (Å²) in [7, 11) is 0. The highest BCUT2D eigenvalue weighted by Crippen LogP contribution is 2.30. The number of benzene rings is 2. The van der Waals surface area contributed by atoms with Crippen molar-refractivity contribution in [2.75, 3.05) is 0 Å². The van der Waals surface area contributed by atoms with Crippen LogP contribution in [0.3, 0.4) is 0 Å². The van der Waals surface area contributed by atoms with Gasteiger partial charge >= 0.3 is 0 Å². The number of nitrogens with zero attached hydrogens (tertiary/aromatic N) is 3. The van der Waals surface area contributed by atoms with Gasteiger partial charge in [0.05, 0.1) is 17.5 Å². The Bertz CT molecular complexity index is 985. The molecule has 0 radical (unpaired) electrons. The van der Waals surface area contributed by atoms with Crippen LogP contribution in [0.2, 0.25) is 0 Å². The van der Waals surface area contributed by atoms with Crippen molar-refractivity contribution in [3.63, 3.8) is 0 Å². The van der Waals surface area contributed by atoms with Gasteiger partial charge in [0.2, 0.25) is 11.8 Å². The third-order valence-electron chi connectivity index (χ3n) is 3.44. The monoisotopic (exact) mass is 413 g/mol. The second-order valence-electron chi connectivity index (χ2n) is 5.13. The van der Waals surface area contributed by atoms with E-state index in [-0.39, 0.29) is 0 Å². The van der Waals surface area contributed by atoms with Crippen molar-refractivity contribution in [1.29, 1.82) is 0 Å². The average molecular weight is 414 g/mol. The van der Waals surface area contributed by atoms with Gasteiger partial charge in [-0.25, -0.2) is 4.98 Å². The van der Waals surface area contributed by atoms with Crippen LogP contribution in [0, 0.1) is 0 Å². The highest BCUT2D eigenvalue weighted by atomic mass is 79.9. The lowest BCUT2D eigenvalue weighted by atomic mass is 10.2. The van der Waals surface area contributed by atoms with Gasteiger partial charge in [0.25, 0.3) is 5.22 Å². The van der Waals surface area contributed by atoms with E-state index in [4.69, 9.17) is 8.83 Å². The minimum absolute atomic E-state index is 0.477. The SMILES string of the molecule is Brc1ccccc1-c1nnc(SCc2ncc(-c3ccccc3)o2)o1. The van der Waals surface area contributed by atoms with Gasteiger partial charge in [0, 0.05) is 10.0 Å². The van der Waals surface area contributed by atoms with Crippen LogP contribution in [-0.2, 0) is 5.75 Å². The Kier molecular flexibility index (Phi) is 4.67. The Balaban J connectivity index is 1.44. The van der Waals surface area contributed by atoms with Crippen molar-refractivity contribution in [2.45, 2.75) is 11.0 Å². The van der Waals surface area contributed by atoms with Gasteiger partial charge in [0.1, 0.15) is 0 Å². The van der Waals surface area contributed by atoms with E-state index < -0.39 is 0 Å². The lowest BCUT2D eigenvalue weighted by molar-refractivity contribution is 0.464. The van der Waals surface area contributed by atoms with Gasteiger partial charge in [-0.2, -0.15) is 0 Å². The number of oxazole rings is 1. The number of hydrogen-bond donors (Lipinski definition) is 0. The first-order valence-corrected chi connectivity index (χ1v) is 9.29. The number of hydrogen-bond acceptors (Lipinski definition) is 6. The summed E-state index contributed by atoms with van der Waals surface area (Å²) < 4.78 is 12.4. The molecule has 0 atom stereocenters. The second kappa shape index (κ2) is 7.25. The Labute approximate surface area is 156 Å². The van der Waals surface area contributed by atoms with Crippen molar-refractivity contribution in [2.24, 2.45) is 0 Å². The Morgan fingerprint density at radius 2 is 1.72 bits per heavy atom. The smallest absolute Gasteiger partial charge is 0.277 e. The second-order valence-corrected chi connectivity index (χ2v) is 6.91. The van der Waals surface area contributed by atoms with Crippen molar-refractivity contribution in [3.8, 4) is 22.8 Å². The number of aromatic nitrogens is 3. The lowest BCUT2D eigenvalue weighted by Crippen LogP contribution is -1.79. The molecule has 4 rings (SSSR count). The van der Waals surface area contributed by atoms with E-state index in [1.54, 1.807) is 6.20 Å². The van der Waals surface area contributed by atoms with E-state index in [9.17, 15) is 0 Å². The van der Waals surface area contributed by atoms with E-state index in [1.165, 1.54) is 11.8 Å². The summed E-state index contributed by atoms with van der Waals surface area (Å²) in [5.74, 6) is 2.36. The summed E-state index contributed by atoms with van der Waals surface area (Å²) in [6.45, 7) is 0. The molecule has 0 unspecified atom stereocenters. The third kappa shape index (κ3) is 3.67. The molecule has 0 saturated carbocycles. The number of rotatable bonds is 5. The van der Waals surface area contributed by atoms with Gasteiger partial charge in [-0.05, 0) is 28.1 Å². The van der Waals surface area contributed by atoms with E-state index in [0.29, 0.717) is 22.8 Å². The van der Waals surface area contributed by atoms with Crippen LogP contribution in [0.5, 0.6) is 0 Å². The Hall–Kier alpha value is -2.38. The highest BCUT2D eigenvalue weighted by molar-refractivity contribution is 9.10. The molecule has 0 N–H and O–H groups in total. The maximum Gasteiger partial charge on any atom is 0.277 e. The maximum absolute atomic E-state index is 5.77. The predicted octanol–water partition coefficient (Wildman–Crippen LogP) is 5.45. The summed E-state index contributed by atoms with van der Waals surface area (Å²) in [6.07, 6.45) is 1.73. The first-order chi connectivity index (χ1) is 12.3. The van der Waals surface area contributed by atoms with E-state index in [2.05, 4.69) is 31.1 Å². The maximum atomic E-state index is 5.77. The van der Waals surface area contributed by atoms with Crippen molar-refractivity contribution in [3.05, 3.63) is 71.2 Å². The van der Waals surface area contributed by atoms with Gasteiger partial charge in [-0.1, -0.05) is 54.2 Å². The molecule has 0 aliphatic carbocycles. The van der Waals surface area contributed by atoms with Crippen LogP contribution < -0.4 is 0 Å². The Morgan fingerprint density at radius 1 is 0.920 bits per heavy atom. The zero-order valence-electron chi connectivity index (χ0n) is 12.9. The quantitative estimate of drug-likeness (QED) is 0.405. The molecule has 124 valence electrons. The average Bonchev–Trinajstić information content (AvgIpc) is 3.31. The van der Waals surface area contributed by atoms with Crippen LogP contribution >= 0.6 is 27.7 Å². The molecule has 25 heavy (non-hydrogen) atoms. The first kappa shape index (κ1) is 16.1. The molecule has 7 heteroatoms. The van der Waals surface area contributed by atoms with Crippen LogP contribution in [0.15, 0.2) is 79.3 Å². The predicted molar refractivity (Wildman–Crippen MR) is 98.9 cm³/mol. The summed E-state index contributed by atoms with van der Waals surface area (Å²) >= 11 is 4.87. The largest absolute Gasteiger partial charge is 0.440 e. The molecular weight excluding hydrogens is 402 g/mol. The topological polar surface area (TPSA) is 65.0 Å². The summed E-state index contributed by atoms with van der Waals surface area (Å²) in [5, 5.41) is 8.64. The standard InChI is InChI=1S/C18H12BrN3O2S/c19-14-9-5-4-8-13(14)17-21-22-18(24-17)25-11-16-20-10-15(23-16)12-6-2-1-3-7-12/h1-10H,11H2. The molecule has 2 aromatic carbocycles. The molecule has 0 aliphatic heterocycles. The zero-order valence-corrected chi connectivity index (χ0v) is 15.3. The van der Waals surface area contributed by atoms with E-state index in [0.717, 1.165) is 21.4 Å². The minimum atomic E-state index is 0.477. The lowest BCUT2D eigenvalue weighted by Gasteiger charge is -1.97. The minimum Gasteiger partial charge on any atom is -0.440 e. The molecule has 0 spiro atoms. The van der Waals surface area contributed by atoms with Gasteiger partial charge in [-0.15, -0.1) is 10.2 Å². The fraction of sp³-hybridized carbons (Fsp3) is 0.0556. The van der Waals surface area contributed by atoms with Crippen molar-refractivity contribution >= 4 is 27.7 Å². The summed E-state index contributed by atoms with van der Waals surface area (Å²) in [6, 6.07) is 17.6. The Morgan fingerprint density at radius 3 is 2.56 bits per heavy atom. The van der Waals surface area contributed by atoms with Crippen LogP contribution in [-0.4, -0.2) is 15.2 Å². The molecule has 0 amide bonds. The molecule has 2 heterocycles. The van der Waals surface area contributed by atoms with Gasteiger partial charge in [0.15, 0.2) is 5.76 Å². The molecular formula is C18H12BrN3O2S. The third-order valence-corrected chi connectivity index (χ3v) is 4.94. The van der Waals surface area contributed by atoms with Crippen LogP contribution in [0.1, 0.15) is 5.89 Å². The van der Waals surface area contributed by atoms with Crippen LogP contribution in [0.4, 0.5) is 0 Å². The molecule has 0 saturated heterocycles. The fourth-order valence-corrected chi connectivity index (χ4v) is 3.32. The normalized spacial score (nSPS) is 10.9. The number of thioether (sulfide) groups is 1. The fourth-order valence-electron chi connectivity index (χ4n) is 2.25. The molecule has 0 aliphatic rings. The van der Waals surface area contributed by atoms with Crippen molar-refractivity contribution in [1.82, 2.24) is 15.2 Å².